The Bertz CT molecular complexity index is 1060. The van der Waals surface area contributed by atoms with Crippen LogP contribution in [0.3, 0.4) is 0 Å². The van der Waals surface area contributed by atoms with Gasteiger partial charge in [0.15, 0.2) is 0 Å². The van der Waals surface area contributed by atoms with E-state index in [4.69, 9.17) is 4.74 Å². The summed E-state index contributed by atoms with van der Waals surface area (Å²) in [6.45, 7) is 0.756. The molecule has 0 radical (unpaired) electrons. The Morgan fingerprint density at radius 1 is 1.07 bits per heavy atom. The summed E-state index contributed by atoms with van der Waals surface area (Å²) < 4.78 is 31.1. The number of hydrogen-bond acceptors (Lipinski definition) is 5. The van der Waals surface area contributed by atoms with Crippen molar-refractivity contribution in [3.8, 4) is 5.75 Å². The summed E-state index contributed by atoms with van der Waals surface area (Å²) >= 11 is 1.62. The Kier molecular flexibility index (Phi) is 6.68. The van der Waals surface area contributed by atoms with Crippen molar-refractivity contribution >= 4 is 27.3 Å². The van der Waals surface area contributed by atoms with Crippen molar-refractivity contribution in [1.82, 2.24) is 9.62 Å². The Morgan fingerprint density at radius 2 is 1.83 bits per heavy atom. The summed E-state index contributed by atoms with van der Waals surface area (Å²) in [6.07, 6.45) is 0. The quantitative estimate of drug-likeness (QED) is 0.593. The molecule has 3 rings (SSSR count). The molecule has 2 aromatic carbocycles. The zero-order valence-electron chi connectivity index (χ0n) is 16.2. The number of carbonyl (C=O) groups excluding carboxylic acids is 1. The normalized spacial score (nSPS) is 11.4. The molecule has 0 aliphatic carbocycles. The number of amides is 1. The van der Waals surface area contributed by atoms with E-state index in [-0.39, 0.29) is 10.8 Å². The van der Waals surface area contributed by atoms with Gasteiger partial charge in [0.1, 0.15) is 12.4 Å². The molecule has 0 atom stereocenters. The molecule has 152 valence electrons. The first-order chi connectivity index (χ1) is 13.9. The Morgan fingerprint density at radius 3 is 2.48 bits per heavy atom. The molecule has 6 nitrogen and oxygen atoms in total. The monoisotopic (exact) mass is 430 g/mol. The average molecular weight is 431 g/mol. The standard InChI is InChI=1S/C21H22N2O4S2/c1-23(2)29(25,26)20-10-8-16(9-11-20)14-22-21(24)17-5-3-6-18(13-17)27-15-19-7-4-12-28-19/h3-13H,14-15H2,1-2H3,(H,22,24). The first-order valence-corrected chi connectivity index (χ1v) is 11.2. The third kappa shape index (κ3) is 5.44. The van der Waals surface area contributed by atoms with E-state index in [1.165, 1.54) is 26.2 Å². The number of rotatable bonds is 8. The molecule has 29 heavy (non-hydrogen) atoms. The minimum Gasteiger partial charge on any atom is -0.488 e. The van der Waals surface area contributed by atoms with Crippen molar-refractivity contribution < 1.29 is 17.9 Å². The van der Waals surface area contributed by atoms with Crippen LogP contribution in [0.4, 0.5) is 0 Å². The van der Waals surface area contributed by atoms with Crippen LogP contribution >= 0.6 is 11.3 Å². The van der Waals surface area contributed by atoms with E-state index < -0.39 is 10.0 Å². The van der Waals surface area contributed by atoms with Gasteiger partial charge in [-0.2, -0.15) is 0 Å². The maximum Gasteiger partial charge on any atom is 0.251 e. The number of sulfonamides is 1. The number of carbonyl (C=O) groups is 1. The second kappa shape index (κ2) is 9.21. The van der Waals surface area contributed by atoms with E-state index in [1.807, 2.05) is 23.6 Å². The van der Waals surface area contributed by atoms with Gasteiger partial charge in [0.2, 0.25) is 10.0 Å². The number of thiophene rings is 1. The van der Waals surface area contributed by atoms with Gasteiger partial charge in [-0.05, 0) is 47.3 Å². The van der Waals surface area contributed by atoms with Crippen molar-refractivity contribution in [2.45, 2.75) is 18.0 Å². The molecule has 0 bridgehead atoms. The van der Waals surface area contributed by atoms with Crippen LogP contribution < -0.4 is 10.1 Å². The molecule has 0 aliphatic heterocycles. The Labute approximate surface area is 174 Å². The highest BCUT2D eigenvalue weighted by Crippen LogP contribution is 2.18. The van der Waals surface area contributed by atoms with Crippen LogP contribution in [0.2, 0.25) is 0 Å². The second-order valence-corrected chi connectivity index (χ2v) is 9.69. The molecule has 0 spiro atoms. The topological polar surface area (TPSA) is 75.7 Å². The maximum absolute atomic E-state index is 12.5. The number of benzene rings is 2. The zero-order valence-corrected chi connectivity index (χ0v) is 17.8. The highest BCUT2D eigenvalue weighted by molar-refractivity contribution is 7.89. The lowest BCUT2D eigenvalue weighted by atomic mass is 10.2. The second-order valence-electron chi connectivity index (χ2n) is 6.51. The largest absolute Gasteiger partial charge is 0.488 e. The minimum atomic E-state index is -3.46. The van der Waals surface area contributed by atoms with E-state index in [0.29, 0.717) is 24.5 Å². The molecule has 0 aliphatic rings. The molecule has 1 aromatic heterocycles. The molecule has 0 saturated carbocycles. The van der Waals surface area contributed by atoms with Crippen LogP contribution in [0.25, 0.3) is 0 Å². The summed E-state index contributed by atoms with van der Waals surface area (Å²) in [5, 5.41) is 4.83. The zero-order chi connectivity index (χ0) is 20.9. The lowest BCUT2D eigenvalue weighted by molar-refractivity contribution is 0.0950. The predicted molar refractivity (Wildman–Crippen MR) is 114 cm³/mol. The SMILES string of the molecule is CN(C)S(=O)(=O)c1ccc(CNC(=O)c2cccc(OCc3cccs3)c2)cc1. The Hall–Kier alpha value is -2.68. The molecular formula is C21H22N2O4S2. The molecule has 0 saturated heterocycles. The number of ether oxygens (including phenoxy) is 1. The van der Waals surface area contributed by atoms with Crippen LogP contribution in [-0.4, -0.2) is 32.7 Å². The van der Waals surface area contributed by atoms with Crippen molar-refractivity contribution in [3.63, 3.8) is 0 Å². The maximum atomic E-state index is 12.5. The predicted octanol–water partition coefficient (Wildman–Crippen LogP) is 3.51. The number of hydrogen-bond donors (Lipinski definition) is 1. The van der Waals surface area contributed by atoms with Crippen molar-refractivity contribution in [2.24, 2.45) is 0 Å². The van der Waals surface area contributed by atoms with E-state index in [1.54, 1.807) is 41.7 Å². The number of nitrogens with one attached hydrogen (secondary N) is 1. The summed E-state index contributed by atoms with van der Waals surface area (Å²) in [6, 6.07) is 17.4. The van der Waals surface area contributed by atoms with Crippen LogP contribution in [0, 0.1) is 0 Å². The summed E-state index contributed by atoms with van der Waals surface area (Å²) in [7, 11) is -0.486. The molecule has 0 unspecified atom stereocenters. The van der Waals surface area contributed by atoms with Gasteiger partial charge >= 0.3 is 0 Å². The first kappa shape index (κ1) is 21.0. The van der Waals surface area contributed by atoms with E-state index in [9.17, 15) is 13.2 Å². The van der Waals surface area contributed by atoms with Crippen molar-refractivity contribution in [2.75, 3.05) is 14.1 Å². The van der Waals surface area contributed by atoms with Crippen LogP contribution in [0.15, 0.2) is 70.9 Å². The van der Waals surface area contributed by atoms with Gasteiger partial charge in [0.25, 0.3) is 5.91 Å². The Balaban J connectivity index is 1.58. The molecule has 1 N–H and O–H groups in total. The van der Waals surface area contributed by atoms with E-state index >= 15 is 0 Å². The molecule has 0 fully saturated rings. The fourth-order valence-electron chi connectivity index (χ4n) is 2.55. The minimum absolute atomic E-state index is 0.216. The van der Waals surface area contributed by atoms with Crippen LogP contribution in [-0.2, 0) is 23.2 Å². The molecule has 3 aromatic rings. The van der Waals surface area contributed by atoms with E-state index in [2.05, 4.69) is 5.32 Å². The van der Waals surface area contributed by atoms with Crippen molar-refractivity contribution in [3.05, 3.63) is 82.0 Å². The fraction of sp³-hybridized carbons (Fsp3) is 0.190. The highest BCUT2D eigenvalue weighted by atomic mass is 32.2. The fourth-order valence-corrected chi connectivity index (χ4v) is 4.07. The molecule has 1 heterocycles. The lowest BCUT2D eigenvalue weighted by Gasteiger charge is -2.12. The first-order valence-electron chi connectivity index (χ1n) is 8.91. The smallest absolute Gasteiger partial charge is 0.251 e. The van der Waals surface area contributed by atoms with Gasteiger partial charge in [-0.25, -0.2) is 12.7 Å². The third-order valence-corrected chi connectivity index (χ3v) is 6.89. The van der Waals surface area contributed by atoms with Crippen LogP contribution in [0.1, 0.15) is 20.8 Å². The average Bonchev–Trinajstić information content (AvgIpc) is 3.24. The summed E-state index contributed by atoms with van der Waals surface area (Å²) in [5.74, 6) is 0.404. The van der Waals surface area contributed by atoms with Gasteiger partial charge in [-0.1, -0.05) is 24.3 Å². The molecular weight excluding hydrogens is 408 g/mol. The van der Waals surface area contributed by atoms with Gasteiger partial charge in [0, 0.05) is 31.1 Å². The van der Waals surface area contributed by atoms with Gasteiger partial charge in [-0.15, -0.1) is 11.3 Å². The van der Waals surface area contributed by atoms with Crippen molar-refractivity contribution in [1.29, 1.82) is 0 Å². The summed E-state index contributed by atoms with van der Waals surface area (Å²) in [5.41, 5.74) is 1.31. The van der Waals surface area contributed by atoms with E-state index in [0.717, 1.165) is 14.7 Å². The summed E-state index contributed by atoms with van der Waals surface area (Å²) in [4.78, 5) is 13.8. The van der Waals surface area contributed by atoms with Gasteiger partial charge in [0.05, 0.1) is 4.90 Å². The highest BCUT2D eigenvalue weighted by Gasteiger charge is 2.16. The van der Waals surface area contributed by atoms with Crippen LogP contribution in [0.5, 0.6) is 5.75 Å². The van der Waals surface area contributed by atoms with Gasteiger partial charge < -0.3 is 10.1 Å². The molecule has 1 amide bonds. The third-order valence-electron chi connectivity index (χ3n) is 4.21. The number of nitrogens with zero attached hydrogens (tertiary/aromatic N) is 1. The lowest BCUT2D eigenvalue weighted by Crippen LogP contribution is -2.23. The van der Waals surface area contributed by atoms with Gasteiger partial charge in [-0.3, -0.25) is 4.79 Å². The molecule has 8 heteroatoms.